The predicted molar refractivity (Wildman–Crippen MR) is 159 cm³/mol. The summed E-state index contributed by atoms with van der Waals surface area (Å²) in [5, 5.41) is 14.2. The number of likely N-dealkylation sites (N-methyl/N-ethyl adjacent to an activating group) is 1. The highest BCUT2D eigenvalue weighted by Gasteiger charge is 2.31. The number of aromatic amines is 1. The number of nitrogens with zero attached hydrogens (tertiary/aromatic N) is 6. The third kappa shape index (κ3) is 3.94. The Hall–Kier alpha value is -4.28. The number of rotatable bonds is 5. The Morgan fingerprint density at radius 1 is 1.07 bits per heavy atom. The number of hydrogen-bond acceptors (Lipinski definition) is 6. The first-order valence-corrected chi connectivity index (χ1v) is 13.7. The normalized spacial score (nSPS) is 14.1. The largest absolute Gasteiger partial charge is 0.502 e. The van der Waals surface area contributed by atoms with Crippen LogP contribution in [-0.2, 0) is 7.05 Å². The van der Waals surface area contributed by atoms with Gasteiger partial charge in [0.2, 0.25) is 5.76 Å². The van der Waals surface area contributed by atoms with Crippen molar-refractivity contribution in [1.82, 2.24) is 29.5 Å². The Kier molecular flexibility index (Phi) is 5.48. The monoisotopic (exact) mass is 596 g/mol. The van der Waals surface area contributed by atoms with Crippen molar-refractivity contribution in [3.05, 3.63) is 88.3 Å². The highest BCUT2D eigenvalue weighted by atomic mass is 79.9. The van der Waals surface area contributed by atoms with E-state index < -0.39 is 0 Å². The summed E-state index contributed by atoms with van der Waals surface area (Å²) >= 11 is 3.60. The molecule has 9 nitrogen and oxygen atoms in total. The van der Waals surface area contributed by atoms with E-state index in [1.807, 2.05) is 25.4 Å². The van der Waals surface area contributed by atoms with Gasteiger partial charge in [-0.05, 0) is 35.2 Å². The van der Waals surface area contributed by atoms with Crippen LogP contribution in [0.25, 0.3) is 49.6 Å². The maximum Gasteiger partial charge on any atom is 0.265 e. The van der Waals surface area contributed by atoms with E-state index in [0.717, 1.165) is 49.3 Å². The van der Waals surface area contributed by atoms with Gasteiger partial charge in [-0.2, -0.15) is 0 Å². The van der Waals surface area contributed by atoms with Gasteiger partial charge in [-0.25, -0.2) is 9.97 Å². The van der Waals surface area contributed by atoms with E-state index in [-0.39, 0.29) is 17.2 Å². The summed E-state index contributed by atoms with van der Waals surface area (Å²) in [6, 6.07) is 10.2. The molecule has 1 unspecified atom stereocenters. The molecule has 7 aromatic rings. The van der Waals surface area contributed by atoms with E-state index in [1.54, 1.807) is 23.3 Å². The van der Waals surface area contributed by atoms with Crippen molar-refractivity contribution in [3.8, 4) is 0 Å². The SMILES string of the molecule is Cn1cnc(/C(O)=c2\nc3c(o2)c(C(C[N+](C)(C)C)c2c[nH]c4cc(Br)ccc24)c2ccnc4ccnc3c42)c1. The third-order valence-electron chi connectivity index (χ3n) is 7.32. The first-order chi connectivity index (χ1) is 19.2. The van der Waals surface area contributed by atoms with Crippen LogP contribution in [0.3, 0.4) is 0 Å². The smallest absolute Gasteiger partial charge is 0.265 e. The van der Waals surface area contributed by atoms with E-state index in [4.69, 9.17) is 14.4 Å². The predicted octanol–water partition coefficient (Wildman–Crippen LogP) is 5.17. The zero-order chi connectivity index (χ0) is 27.8. The summed E-state index contributed by atoms with van der Waals surface area (Å²) < 4.78 is 9.98. The minimum absolute atomic E-state index is 0.0783. The first kappa shape index (κ1) is 24.7. The molecule has 0 aliphatic heterocycles. The van der Waals surface area contributed by atoms with Gasteiger partial charge in [0.25, 0.3) is 5.55 Å². The first-order valence-electron chi connectivity index (χ1n) is 12.9. The Labute approximate surface area is 237 Å². The molecule has 0 fully saturated rings. The molecule has 200 valence electrons. The van der Waals surface area contributed by atoms with Crippen LogP contribution in [0.1, 0.15) is 22.7 Å². The number of oxazole rings is 1. The fourth-order valence-electron chi connectivity index (χ4n) is 5.68. The van der Waals surface area contributed by atoms with E-state index in [0.29, 0.717) is 26.8 Å². The Morgan fingerprint density at radius 2 is 1.90 bits per heavy atom. The molecule has 2 aromatic carbocycles. The van der Waals surface area contributed by atoms with Crippen molar-refractivity contribution < 1.29 is 14.0 Å². The lowest BCUT2D eigenvalue weighted by Gasteiger charge is -2.30. The number of hydrogen-bond donors (Lipinski definition) is 2. The lowest BCUT2D eigenvalue weighted by atomic mass is 9.85. The molecule has 2 N–H and O–H groups in total. The van der Waals surface area contributed by atoms with Crippen LogP contribution in [0.15, 0.2) is 70.3 Å². The molecule has 40 heavy (non-hydrogen) atoms. The Morgan fingerprint density at radius 3 is 2.67 bits per heavy atom. The zero-order valence-corrected chi connectivity index (χ0v) is 24.1. The van der Waals surface area contributed by atoms with Crippen molar-refractivity contribution in [2.24, 2.45) is 7.05 Å². The van der Waals surface area contributed by atoms with Crippen LogP contribution in [0.2, 0.25) is 0 Å². The number of nitrogens with one attached hydrogen (secondary N) is 1. The summed E-state index contributed by atoms with van der Waals surface area (Å²) in [4.78, 5) is 21.9. The lowest BCUT2D eigenvalue weighted by molar-refractivity contribution is -0.871. The number of halogens is 1. The standard InChI is InChI=1S/C30H26BrN7O2/c1-37-13-23(35-15-37)28(39)30-36-27-26-25-18(7-9-32-21(25)8-10-33-26)24(29(27)40-30)20(14-38(2,3)4)19-12-34-22-11-16(31)5-6-17(19)22/h5-13,15,20,34H,14H2,1-4H3/p+1. The molecule has 0 bridgehead atoms. The van der Waals surface area contributed by atoms with Crippen molar-refractivity contribution in [1.29, 1.82) is 0 Å². The number of imidazole rings is 1. The fourth-order valence-corrected chi connectivity index (χ4v) is 6.04. The van der Waals surface area contributed by atoms with Crippen LogP contribution in [0.5, 0.6) is 0 Å². The van der Waals surface area contributed by atoms with Crippen molar-refractivity contribution in [3.63, 3.8) is 0 Å². The van der Waals surface area contributed by atoms with Gasteiger partial charge in [0.15, 0.2) is 5.58 Å². The summed E-state index contributed by atoms with van der Waals surface area (Å²) in [6.07, 6.45) is 9.01. The van der Waals surface area contributed by atoms with E-state index >= 15 is 0 Å². The van der Waals surface area contributed by atoms with Crippen LogP contribution in [0.4, 0.5) is 0 Å². The molecule has 1 atom stereocenters. The van der Waals surface area contributed by atoms with E-state index in [1.165, 1.54) is 0 Å². The van der Waals surface area contributed by atoms with Gasteiger partial charge in [0.1, 0.15) is 16.7 Å². The topological polar surface area (TPSA) is 106 Å². The summed E-state index contributed by atoms with van der Waals surface area (Å²) in [6.45, 7) is 0.781. The molecule has 0 spiro atoms. The second kappa shape index (κ2) is 8.87. The van der Waals surface area contributed by atoms with E-state index in [2.05, 4.69) is 76.4 Å². The molecule has 5 heterocycles. The highest BCUT2D eigenvalue weighted by Crippen LogP contribution is 2.42. The van der Waals surface area contributed by atoms with Crippen molar-refractivity contribution >= 4 is 65.5 Å². The van der Waals surface area contributed by atoms with Crippen LogP contribution >= 0.6 is 15.9 Å². The lowest BCUT2D eigenvalue weighted by Crippen LogP contribution is -2.38. The number of quaternary nitrogens is 1. The number of aryl methyl sites for hydroxylation is 1. The minimum atomic E-state index is -0.121. The highest BCUT2D eigenvalue weighted by molar-refractivity contribution is 9.10. The number of aromatic nitrogens is 6. The maximum atomic E-state index is 11.2. The van der Waals surface area contributed by atoms with E-state index in [9.17, 15) is 5.11 Å². The average molecular weight is 597 g/mol. The van der Waals surface area contributed by atoms with Crippen molar-refractivity contribution in [2.45, 2.75) is 5.92 Å². The van der Waals surface area contributed by atoms with Gasteiger partial charge < -0.3 is 23.6 Å². The van der Waals surface area contributed by atoms with Gasteiger partial charge in [0.05, 0.1) is 45.4 Å². The van der Waals surface area contributed by atoms with Crippen molar-refractivity contribution in [2.75, 3.05) is 27.7 Å². The molecular formula is C30H27BrN7O2+. The quantitative estimate of drug-likeness (QED) is 0.265. The Balaban J connectivity index is 1.63. The zero-order valence-electron chi connectivity index (χ0n) is 22.5. The number of aliphatic hydroxyl groups excluding tert-OH is 1. The minimum Gasteiger partial charge on any atom is -0.502 e. The maximum absolute atomic E-state index is 11.2. The fraction of sp³-hybridized carbons (Fsp3) is 0.200. The van der Waals surface area contributed by atoms with Crippen LogP contribution < -0.4 is 5.55 Å². The average Bonchev–Trinajstić information content (AvgIpc) is 3.65. The molecule has 0 aliphatic carbocycles. The molecule has 5 aromatic heterocycles. The van der Waals surface area contributed by atoms with Gasteiger partial charge in [0, 0.05) is 58.2 Å². The second-order valence-corrected chi connectivity index (χ2v) is 12.2. The number of pyridine rings is 2. The van der Waals surface area contributed by atoms with Crippen LogP contribution in [-0.4, -0.2) is 66.8 Å². The molecule has 0 saturated heterocycles. The van der Waals surface area contributed by atoms with Gasteiger partial charge in [-0.3, -0.25) is 9.97 Å². The molecular weight excluding hydrogens is 570 g/mol. The molecule has 0 amide bonds. The summed E-state index contributed by atoms with van der Waals surface area (Å²) in [7, 11) is 8.41. The Bertz CT molecular complexity index is 2130. The molecule has 0 saturated carbocycles. The third-order valence-corrected chi connectivity index (χ3v) is 7.81. The molecule has 10 heteroatoms. The van der Waals surface area contributed by atoms with Gasteiger partial charge in [-0.1, -0.05) is 22.0 Å². The number of fused-ring (bicyclic) bond motifs is 3. The number of aliphatic hydroxyl groups is 1. The van der Waals surface area contributed by atoms with Gasteiger partial charge >= 0.3 is 0 Å². The second-order valence-electron chi connectivity index (χ2n) is 11.3. The molecule has 7 rings (SSSR count). The molecule has 0 aliphatic rings. The van der Waals surface area contributed by atoms with Crippen LogP contribution in [0, 0.1) is 0 Å². The molecule has 0 radical (unpaired) electrons. The van der Waals surface area contributed by atoms with Gasteiger partial charge in [-0.15, -0.1) is 0 Å². The summed E-state index contributed by atoms with van der Waals surface area (Å²) in [5.74, 6) is -0.200. The number of benzene rings is 2. The summed E-state index contributed by atoms with van der Waals surface area (Å²) in [5.41, 5.74) is 6.40. The number of H-pyrrole nitrogens is 1.